The summed E-state index contributed by atoms with van der Waals surface area (Å²) in [5, 5.41) is 15.9. The zero-order valence-electron chi connectivity index (χ0n) is 23.0. The lowest BCUT2D eigenvalue weighted by Gasteiger charge is -2.34. The normalized spacial score (nSPS) is 22.3. The number of benzene rings is 2. The quantitative estimate of drug-likeness (QED) is 0.396. The Labute approximate surface area is 238 Å². The van der Waals surface area contributed by atoms with E-state index >= 15 is 4.39 Å². The number of aliphatic hydroxyl groups is 1. The van der Waals surface area contributed by atoms with Crippen molar-refractivity contribution in [2.75, 3.05) is 31.5 Å². The second-order valence-corrected chi connectivity index (χ2v) is 13.4. The van der Waals surface area contributed by atoms with Gasteiger partial charge >= 0.3 is 0 Å². The van der Waals surface area contributed by atoms with Crippen molar-refractivity contribution in [2.45, 2.75) is 57.3 Å². The van der Waals surface area contributed by atoms with E-state index in [0.717, 1.165) is 10.5 Å². The summed E-state index contributed by atoms with van der Waals surface area (Å²) in [6, 6.07) is 8.88. The number of amides is 3. The number of fused-ring (bicyclic) bond motifs is 1. The van der Waals surface area contributed by atoms with Crippen LogP contribution in [0.3, 0.4) is 0 Å². The fraction of sp³-hybridized carbons (Fsp3) is 0.464. The Morgan fingerprint density at radius 1 is 1.10 bits per heavy atom. The number of piperazine rings is 1. The predicted octanol–water partition coefficient (Wildman–Crippen LogP) is 1.55. The van der Waals surface area contributed by atoms with E-state index in [2.05, 4.69) is 15.5 Å². The number of hydrogen-bond acceptors (Lipinski definition) is 8. The Morgan fingerprint density at radius 2 is 1.83 bits per heavy atom. The molecule has 3 heterocycles. The van der Waals surface area contributed by atoms with Crippen molar-refractivity contribution in [1.29, 1.82) is 0 Å². The maximum absolute atomic E-state index is 15.1. The molecule has 2 aromatic rings. The summed E-state index contributed by atoms with van der Waals surface area (Å²) in [6.07, 6.45) is -1.21. The van der Waals surface area contributed by atoms with E-state index in [1.807, 2.05) is 6.07 Å². The number of aliphatic hydroxyl groups excluding tert-OH is 1. The first kappa shape index (κ1) is 29.1. The highest BCUT2D eigenvalue weighted by Crippen LogP contribution is 2.39. The molecule has 0 radical (unpaired) electrons. The van der Waals surface area contributed by atoms with Crippen LogP contribution in [0.25, 0.3) is 0 Å². The van der Waals surface area contributed by atoms with Gasteiger partial charge in [-0.3, -0.25) is 29.5 Å². The van der Waals surface area contributed by atoms with Crippen LogP contribution in [0.5, 0.6) is 0 Å². The van der Waals surface area contributed by atoms with Crippen LogP contribution in [0, 0.1) is 5.82 Å². The van der Waals surface area contributed by atoms with Gasteiger partial charge in [-0.25, -0.2) is 12.8 Å². The van der Waals surface area contributed by atoms with Gasteiger partial charge in [-0.15, -0.1) is 0 Å². The molecule has 0 bridgehead atoms. The molecule has 220 valence electrons. The van der Waals surface area contributed by atoms with Crippen LogP contribution in [0.1, 0.15) is 60.0 Å². The summed E-state index contributed by atoms with van der Waals surface area (Å²) in [6.45, 7) is 5.86. The van der Waals surface area contributed by atoms with E-state index in [9.17, 15) is 27.9 Å². The number of anilines is 1. The third-order valence-electron chi connectivity index (χ3n) is 7.92. The first-order valence-corrected chi connectivity index (χ1v) is 15.2. The maximum atomic E-state index is 15.1. The highest BCUT2D eigenvalue weighted by molar-refractivity contribution is 7.89. The number of piperidine rings is 1. The molecule has 41 heavy (non-hydrogen) atoms. The molecule has 2 atom stereocenters. The summed E-state index contributed by atoms with van der Waals surface area (Å²) in [5.41, 5.74) is 2.14. The first-order valence-electron chi connectivity index (χ1n) is 13.7. The highest BCUT2D eigenvalue weighted by atomic mass is 32.2. The topological polar surface area (TPSA) is 139 Å². The van der Waals surface area contributed by atoms with Crippen molar-refractivity contribution in [3.05, 3.63) is 64.5 Å². The average molecular weight is 588 g/mol. The minimum Gasteiger partial charge on any atom is -0.380 e. The van der Waals surface area contributed by atoms with E-state index in [1.54, 1.807) is 38.1 Å². The lowest BCUT2D eigenvalue weighted by atomic mass is 10.0. The van der Waals surface area contributed by atoms with Crippen LogP contribution in [0.4, 0.5) is 10.1 Å². The van der Waals surface area contributed by atoms with Gasteiger partial charge in [0.1, 0.15) is 11.9 Å². The number of halogens is 1. The second kappa shape index (κ2) is 11.5. The predicted molar refractivity (Wildman–Crippen MR) is 148 cm³/mol. The average Bonchev–Trinajstić information content (AvgIpc) is 3.18. The van der Waals surface area contributed by atoms with Crippen LogP contribution in [0.15, 0.2) is 36.4 Å². The van der Waals surface area contributed by atoms with Gasteiger partial charge in [0, 0.05) is 68.1 Å². The number of sulfonamides is 1. The number of carbonyl (C=O) groups is 3. The van der Waals surface area contributed by atoms with E-state index in [0.29, 0.717) is 49.5 Å². The van der Waals surface area contributed by atoms with Crippen molar-refractivity contribution in [1.82, 2.24) is 19.4 Å². The molecule has 0 aliphatic carbocycles. The minimum atomic E-state index is -3.29. The summed E-state index contributed by atoms with van der Waals surface area (Å²) >= 11 is 0. The van der Waals surface area contributed by atoms with Gasteiger partial charge in [0.15, 0.2) is 6.23 Å². The molecule has 0 aromatic heterocycles. The van der Waals surface area contributed by atoms with Crippen LogP contribution in [0.2, 0.25) is 0 Å². The third kappa shape index (κ3) is 5.71. The van der Waals surface area contributed by atoms with Gasteiger partial charge < -0.3 is 10.4 Å². The molecule has 5 rings (SSSR count). The Bertz CT molecular complexity index is 1470. The fourth-order valence-corrected chi connectivity index (χ4v) is 6.82. The smallest absolute Gasteiger partial charge is 0.257 e. The standard InChI is InChI=1S/C28H34FN5O6S/c1-17(2)41(39,40)33-12-10-32(11-13-33)16-18-6-7-19(21(29)14-18)15-30-22-5-3-4-20-25(22)28(38)34(27(20)37)23-8-9-24(35)31-26(23)36/h3-7,14,17,23,28,30,38H,8-13,15-16H2,1-2H3,(H,31,35,36). The fourth-order valence-electron chi connectivity index (χ4n) is 5.55. The lowest BCUT2D eigenvalue weighted by molar-refractivity contribution is -0.139. The SMILES string of the molecule is CC(C)S(=O)(=O)N1CCN(Cc2ccc(CNc3cccc4c3C(O)N(C3CCC(=O)NC3=O)C4=O)c(F)c2)CC1. The maximum Gasteiger partial charge on any atom is 0.257 e. The number of hydrogen-bond donors (Lipinski definition) is 3. The molecule has 2 saturated heterocycles. The summed E-state index contributed by atoms with van der Waals surface area (Å²) in [5.74, 6) is -1.96. The molecule has 11 nitrogen and oxygen atoms in total. The molecule has 3 aliphatic heterocycles. The molecule has 0 spiro atoms. The zero-order chi connectivity index (χ0) is 29.5. The van der Waals surface area contributed by atoms with Crippen molar-refractivity contribution >= 4 is 33.4 Å². The molecule has 0 saturated carbocycles. The van der Waals surface area contributed by atoms with Crippen molar-refractivity contribution in [3.8, 4) is 0 Å². The number of nitrogens with one attached hydrogen (secondary N) is 2. The lowest BCUT2D eigenvalue weighted by Crippen LogP contribution is -2.53. The number of carbonyl (C=O) groups excluding carboxylic acids is 3. The molecule has 3 N–H and O–H groups in total. The van der Waals surface area contributed by atoms with Gasteiger partial charge in [0.05, 0.1) is 5.25 Å². The van der Waals surface area contributed by atoms with Crippen LogP contribution in [-0.4, -0.2) is 82.8 Å². The molecule has 13 heteroatoms. The molecule has 2 aromatic carbocycles. The molecular weight excluding hydrogens is 553 g/mol. The van der Waals surface area contributed by atoms with Gasteiger partial charge in [-0.2, -0.15) is 4.31 Å². The molecule has 3 aliphatic rings. The number of nitrogens with zero attached hydrogens (tertiary/aromatic N) is 3. The highest BCUT2D eigenvalue weighted by Gasteiger charge is 2.45. The van der Waals surface area contributed by atoms with E-state index in [-0.39, 0.29) is 24.9 Å². The Morgan fingerprint density at radius 3 is 2.49 bits per heavy atom. The molecule has 3 amide bonds. The summed E-state index contributed by atoms with van der Waals surface area (Å²) in [4.78, 5) is 40.2. The van der Waals surface area contributed by atoms with E-state index < -0.39 is 51.1 Å². The van der Waals surface area contributed by atoms with Crippen molar-refractivity contribution < 1.29 is 32.3 Å². The summed E-state index contributed by atoms with van der Waals surface area (Å²) < 4.78 is 41.4. The zero-order valence-corrected chi connectivity index (χ0v) is 23.8. The number of imide groups is 1. The Balaban J connectivity index is 1.22. The van der Waals surface area contributed by atoms with Crippen LogP contribution in [-0.2, 0) is 32.7 Å². The van der Waals surface area contributed by atoms with Crippen LogP contribution >= 0.6 is 0 Å². The summed E-state index contributed by atoms with van der Waals surface area (Å²) in [7, 11) is -3.29. The van der Waals surface area contributed by atoms with Gasteiger partial charge in [-0.05, 0) is 44.0 Å². The van der Waals surface area contributed by atoms with Gasteiger partial charge in [0.25, 0.3) is 5.91 Å². The van der Waals surface area contributed by atoms with Gasteiger partial charge in [-0.1, -0.05) is 18.2 Å². The van der Waals surface area contributed by atoms with Crippen molar-refractivity contribution in [3.63, 3.8) is 0 Å². The molecule has 2 fully saturated rings. The molecule has 2 unspecified atom stereocenters. The first-order chi connectivity index (χ1) is 19.5. The second-order valence-electron chi connectivity index (χ2n) is 10.9. The monoisotopic (exact) mass is 587 g/mol. The Kier molecular flexibility index (Phi) is 8.15. The van der Waals surface area contributed by atoms with Crippen LogP contribution < -0.4 is 10.6 Å². The van der Waals surface area contributed by atoms with E-state index in [1.165, 1.54) is 10.4 Å². The molecular formula is C28H34FN5O6S. The van der Waals surface area contributed by atoms with E-state index in [4.69, 9.17) is 0 Å². The Hall–Kier alpha value is -3.39. The third-order valence-corrected chi connectivity index (χ3v) is 10.2. The van der Waals surface area contributed by atoms with Crippen molar-refractivity contribution in [2.24, 2.45) is 0 Å². The largest absolute Gasteiger partial charge is 0.380 e. The minimum absolute atomic E-state index is 0.0693. The number of rotatable bonds is 8. The van der Waals surface area contributed by atoms with Gasteiger partial charge in [0.2, 0.25) is 21.8 Å².